The fourth-order valence-electron chi connectivity index (χ4n) is 3.66. The van der Waals surface area contributed by atoms with Gasteiger partial charge in [0.1, 0.15) is 11.3 Å². The van der Waals surface area contributed by atoms with E-state index in [9.17, 15) is 9.59 Å². The summed E-state index contributed by atoms with van der Waals surface area (Å²) in [7, 11) is 0. The third kappa shape index (κ3) is 3.71. The summed E-state index contributed by atoms with van der Waals surface area (Å²) < 4.78 is 5.64. The summed E-state index contributed by atoms with van der Waals surface area (Å²) in [6, 6.07) is 9.35. The highest BCUT2D eigenvalue weighted by Crippen LogP contribution is 2.32. The first kappa shape index (κ1) is 16.8. The molecule has 0 unspecified atom stereocenters. The van der Waals surface area contributed by atoms with E-state index in [0.29, 0.717) is 19.6 Å². The summed E-state index contributed by atoms with van der Waals surface area (Å²) in [5.74, 6) is 0.778. The molecule has 24 heavy (non-hydrogen) atoms. The molecule has 1 aliphatic carbocycles. The second kappa shape index (κ2) is 7.69. The molecule has 0 radical (unpaired) electrons. The summed E-state index contributed by atoms with van der Waals surface area (Å²) in [4.78, 5) is 26.5. The van der Waals surface area contributed by atoms with Crippen LogP contribution in [0.1, 0.15) is 51.4 Å². The van der Waals surface area contributed by atoms with E-state index in [-0.39, 0.29) is 11.9 Å². The van der Waals surface area contributed by atoms with Crippen molar-refractivity contribution in [3.63, 3.8) is 0 Å². The Kier molecular flexibility index (Phi) is 5.38. The number of para-hydroxylation sites is 1. The Bertz CT molecular complexity index is 565. The van der Waals surface area contributed by atoms with Gasteiger partial charge in [-0.25, -0.2) is 4.79 Å². The summed E-state index contributed by atoms with van der Waals surface area (Å²) in [5, 5.41) is 2.99. The third-order valence-corrected chi connectivity index (χ3v) is 4.99. The molecular formula is C19H26N2O3. The number of nitrogens with zero attached hydrogens (tertiary/aromatic N) is 1. The van der Waals surface area contributed by atoms with Crippen molar-refractivity contribution in [2.24, 2.45) is 0 Å². The predicted molar refractivity (Wildman–Crippen MR) is 91.8 cm³/mol. The zero-order chi connectivity index (χ0) is 16.8. The molecule has 130 valence electrons. The van der Waals surface area contributed by atoms with Gasteiger partial charge in [-0.15, -0.1) is 0 Å². The molecule has 5 heteroatoms. The molecule has 1 aromatic carbocycles. The van der Waals surface area contributed by atoms with Crippen LogP contribution < -0.4 is 10.1 Å². The van der Waals surface area contributed by atoms with Crippen molar-refractivity contribution in [2.45, 2.75) is 56.9 Å². The standard InChI is InChI=1S/C19H26N2O3/c22-17-19(12-7-2-1-3-8-13-19)20-18(23)21(17)14-9-15-24-16-10-5-4-6-11-16/h4-6,10-11H,1-3,7-9,12-15H2,(H,20,23). The number of ether oxygens (including phenoxy) is 1. The van der Waals surface area contributed by atoms with Crippen LogP contribution in [0.3, 0.4) is 0 Å². The van der Waals surface area contributed by atoms with Crippen LogP contribution in [0.15, 0.2) is 30.3 Å². The zero-order valence-electron chi connectivity index (χ0n) is 14.1. The molecule has 2 aliphatic rings. The van der Waals surface area contributed by atoms with E-state index in [1.165, 1.54) is 11.3 Å². The van der Waals surface area contributed by atoms with E-state index in [2.05, 4.69) is 5.32 Å². The minimum atomic E-state index is -0.641. The summed E-state index contributed by atoms with van der Waals surface area (Å²) in [6.07, 6.45) is 7.74. The lowest BCUT2D eigenvalue weighted by atomic mass is 9.84. The molecule has 2 fully saturated rings. The number of rotatable bonds is 5. The first-order valence-electron chi connectivity index (χ1n) is 9.03. The summed E-state index contributed by atoms with van der Waals surface area (Å²) in [5.41, 5.74) is -0.641. The Morgan fingerprint density at radius 2 is 1.67 bits per heavy atom. The van der Waals surface area contributed by atoms with Crippen LogP contribution in [0, 0.1) is 0 Å². The van der Waals surface area contributed by atoms with Crippen LogP contribution in [-0.4, -0.2) is 35.5 Å². The molecule has 3 rings (SSSR count). The van der Waals surface area contributed by atoms with Crippen LogP contribution >= 0.6 is 0 Å². The van der Waals surface area contributed by atoms with E-state index in [4.69, 9.17) is 4.74 Å². The van der Waals surface area contributed by atoms with Crippen molar-refractivity contribution in [2.75, 3.05) is 13.2 Å². The number of hydrogen-bond acceptors (Lipinski definition) is 3. The SMILES string of the molecule is O=C1NC2(CCCCCCC2)C(=O)N1CCCOc1ccccc1. The van der Waals surface area contributed by atoms with Crippen LogP contribution in [0.4, 0.5) is 4.79 Å². The Balaban J connectivity index is 1.52. The van der Waals surface area contributed by atoms with Gasteiger partial charge in [0.2, 0.25) is 0 Å². The molecule has 1 N–H and O–H groups in total. The van der Waals surface area contributed by atoms with Gasteiger partial charge in [-0.05, 0) is 31.4 Å². The van der Waals surface area contributed by atoms with Crippen LogP contribution in [0.25, 0.3) is 0 Å². The third-order valence-electron chi connectivity index (χ3n) is 4.99. The zero-order valence-corrected chi connectivity index (χ0v) is 14.1. The molecule has 0 bridgehead atoms. The van der Waals surface area contributed by atoms with E-state index in [1.54, 1.807) is 0 Å². The second-order valence-electron chi connectivity index (χ2n) is 6.75. The van der Waals surface area contributed by atoms with E-state index in [0.717, 1.165) is 44.3 Å². The maximum atomic E-state index is 12.8. The molecule has 1 heterocycles. The summed E-state index contributed by atoms with van der Waals surface area (Å²) in [6.45, 7) is 0.910. The Morgan fingerprint density at radius 3 is 2.38 bits per heavy atom. The minimum absolute atomic E-state index is 0.0332. The largest absolute Gasteiger partial charge is 0.494 e. The van der Waals surface area contributed by atoms with Gasteiger partial charge in [0.15, 0.2) is 0 Å². The number of imide groups is 1. The van der Waals surface area contributed by atoms with Crippen molar-refractivity contribution in [1.82, 2.24) is 10.2 Å². The fourth-order valence-corrected chi connectivity index (χ4v) is 3.66. The lowest BCUT2D eigenvalue weighted by molar-refractivity contribution is -0.132. The highest BCUT2D eigenvalue weighted by atomic mass is 16.5. The quantitative estimate of drug-likeness (QED) is 0.664. The number of urea groups is 1. The topological polar surface area (TPSA) is 58.6 Å². The lowest BCUT2D eigenvalue weighted by Crippen LogP contribution is -2.47. The van der Waals surface area contributed by atoms with Gasteiger partial charge in [-0.1, -0.05) is 50.3 Å². The van der Waals surface area contributed by atoms with E-state index >= 15 is 0 Å². The number of benzene rings is 1. The van der Waals surface area contributed by atoms with Crippen molar-refractivity contribution >= 4 is 11.9 Å². The van der Waals surface area contributed by atoms with Crippen LogP contribution in [0.2, 0.25) is 0 Å². The molecular weight excluding hydrogens is 304 g/mol. The van der Waals surface area contributed by atoms with Crippen molar-refractivity contribution in [3.05, 3.63) is 30.3 Å². The average Bonchev–Trinajstić information content (AvgIpc) is 2.80. The maximum absolute atomic E-state index is 12.8. The Morgan fingerprint density at radius 1 is 1.00 bits per heavy atom. The maximum Gasteiger partial charge on any atom is 0.325 e. The molecule has 1 aliphatic heterocycles. The molecule has 0 atom stereocenters. The van der Waals surface area contributed by atoms with Gasteiger partial charge in [-0.3, -0.25) is 9.69 Å². The van der Waals surface area contributed by atoms with E-state index < -0.39 is 5.54 Å². The van der Waals surface area contributed by atoms with Crippen LogP contribution in [-0.2, 0) is 4.79 Å². The van der Waals surface area contributed by atoms with Gasteiger partial charge >= 0.3 is 6.03 Å². The number of carbonyl (C=O) groups is 2. The normalized spacial score (nSPS) is 20.6. The Hall–Kier alpha value is -2.04. The molecule has 3 amide bonds. The smallest absolute Gasteiger partial charge is 0.325 e. The number of carbonyl (C=O) groups excluding carboxylic acids is 2. The highest BCUT2D eigenvalue weighted by Gasteiger charge is 2.49. The monoisotopic (exact) mass is 330 g/mol. The first-order valence-corrected chi connectivity index (χ1v) is 9.03. The van der Waals surface area contributed by atoms with E-state index in [1.807, 2.05) is 30.3 Å². The molecule has 1 saturated carbocycles. The van der Waals surface area contributed by atoms with Gasteiger partial charge < -0.3 is 10.1 Å². The average molecular weight is 330 g/mol. The molecule has 0 aromatic heterocycles. The highest BCUT2D eigenvalue weighted by molar-refractivity contribution is 6.07. The van der Waals surface area contributed by atoms with Crippen molar-refractivity contribution in [3.8, 4) is 5.75 Å². The lowest BCUT2D eigenvalue weighted by Gasteiger charge is -2.28. The van der Waals surface area contributed by atoms with Crippen molar-refractivity contribution < 1.29 is 14.3 Å². The Labute approximate surface area is 143 Å². The number of hydrogen-bond donors (Lipinski definition) is 1. The van der Waals surface area contributed by atoms with Crippen molar-refractivity contribution in [1.29, 1.82) is 0 Å². The first-order chi connectivity index (χ1) is 11.7. The molecule has 1 saturated heterocycles. The summed E-state index contributed by atoms with van der Waals surface area (Å²) >= 11 is 0. The molecule has 1 spiro atoms. The number of amides is 3. The van der Waals surface area contributed by atoms with Gasteiger partial charge in [0.25, 0.3) is 5.91 Å². The minimum Gasteiger partial charge on any atom is -0.494 e. The fraction of sp³-hybridized carbons (Fsp3) is 0.579. The molecule has 1 aromatic rings. The molecule has 5 nitrogen and oxygen atoms in total. The van der Waals surface area contributed by atoms with Crippen LogP contribution in [0.5, 0.6) is 5.75 Å². The van der Waals surface area contributed by atoms with Gasteiger partial charge in [0, 0.05) is 6.54 Å². The second-order valence-corrected chi connectivity index (χ2v) is 6.75. The predicted octanol–water partition coefficient (Wildman–Crippen LogP) is 3.49. The number of nitrogens with one attached hydrogen (secondary N) is 1. The van der Waals surface area contributed by atoms with Gasteiger partial charge in [-0.2, -0.15) is 0 Å². The van der Waals surface area contributed by atoms with Gasteiger partial charge in [0.05, 0.1) is 6.61 Å².